The summed E-state index contributed by atoms with van der Waals surface area (Å²) in [5, 5.41) is 1.97. The van der Waals surface area contributed by atoms with Gasteiger partial charge >= 0.3 is 0 Å². The van der Waals surface area contributed by atoms with Crippen LogP contribution >= 0.6 is 11.6 Å². The minimum atomic E-state index is -2.48. The van der Waals surface area contributed by atoms with Gasteiger partial charge in [-0.25, -0.2) is 13.8 Å². The number of aromatic nitrogens is 1. The molecule has 0 radical (unpaired) electrons. The molecule has 0 N–H and O–H groups in total. The SMILES string of the molecule is FC(F)COc1ccc2c(Cl)nccc2c1. The summed E-state index contributed by atoms with van der Waals surface area (Å²) in [7, 11) is 0. The molecular formula is C11H8ClF2NO. The summed E-state index contributed by atoms with van der Waals surface area (Å²) in [5.74, 6) is 0.398. The quantitative estimate of drug-likeness (QED) is 0.770. The molecule has 0 unspecified atom stereocenters. The molecule has 2 rings (SSSR count). The highest BCUT2D eigenvalue weighted by Crippen LogP contribution is 2.25. The predicted molar refractivity (Wildman–Crippen MR) is 58.3 cm³/mol. The zero-order valence-electron chi connectivity index (χ0n) is 8.16. The van der Waals surface area contributed by atoms with Crippen molar-refractivity contribution in [2.75, 3.05) is 6.61 Å². The van der Waals surface area contributed by atoms with Gasteiger partial charge in [-0.2, -0.15) is 0 Å². The van der Waals surface area contributed by atoms with Crippen molar-refractivity contribution in [3.8, 4) is 5.75 Å². The molecular weight excluding hydrogens is 236 g/mol. The highest BCUT2D eigenvalue weighted by atomic mass is 35.5. The van der Waals surface area contributed by atoms with E-state index >= 15 is 0 Å². The van der Waals surface area contributed by atoms with E-state index in [9.17, 15) is 8.78 Å². The standard InChI is InChI=1S/C11H8ClF2NO/c12-11-9-2-1-8(16-6-10(13)14)5-7(9)3-4-15-11/h1-5,10H,6H2. The van der Waals surface area contributed by atoms with Crippen molar-refractivity contribution in [3.63, 3.8) is 0 Å². The van der Waals surface area contributed by atoms with E-state index in [-0.39, 0.29) is 0 Å². The molecule has 0 aliphatic carbocycles. The van der Waals surface area contributed by atoms with E-state index in [1.807, 2.05) is 0 Å². The van der Waals surface area contributed by atoms with Crippen LogP contribution in [0.3, 0.4) is 0 Å². The number of benzene rings is 1. The van der Waals surface area contributed by atoms with E-state index in [2.05, 4.69) is 4.98 Å². The third kappa shape index (κ3) is 2.39. The number of hydrogen-bond donors (Lipinski definition) is 0. The zero-order chi connectivity index (χ0) is 11.5. The molecule has 84 valence electrons. The zero-order valence-corrected chi connectivity index (χ0v) is 8.92. The van der Waals surface area contributed by atoms with Crippen LogP contribution in [0.5, 0.6) is 5.75 Å². The number of rotatable bonds is 3. The molecule has 0 bridgehead atoms. The molecule has 5 heteroatoms. The van der Waals surface area contributed by atoms with E-state index in [1.165, 1.54) is 0 Å². The first-order chi connectivity index (χ1) is 7.66. The molecule has 0 saturated heterocycles. The number of ether oxygens (including phenoxy) is 1. The Hall–Kier alpha value is -1.42. The Labute approximate surface area is 95.8 Å². The first kappa shape index (κ1) is 11.1. The number of pyridine rings is 1. The number of halogens is 3. The summed E-state index contributed by atoms with van der Waals surface area (Å²) >= 11 is 5.86. The first-order valence-electron chi connectivity index (χ1n) is 4.62. The molecule has 0 saturated carbocycles. The fourth-order valence-electron chi connectivity index (χ4n) is 1.37. The minimum absolute atomic E-state index is 0.387. The average molecular weight is 244 g/mol. The van der Waals surface area contributed by atoms with Gasteiger partial charge in [-0.15, -0.1) is 0 Å². The normalized spacial score (nSPS) is 11.0. The maximum atomic E-state index is 11.9. The molecule has 1 heterocycles. The Morgan fingerprint density at radius 3 is 2.88 bits per heavy atom. The fourth-order valence-corrected chi connectivity index (χ4v) is 1.60. The van der Waals surface area contributed by atoms with Crippen molar-refractivity contribution in [1.29, 1.82) is 0 Å². The van der Waals surface area contributed by atoms with Gasteiger partial charge in [-0.05, 0) is 29.7 Å². The number of fused-ring (bicyclic) bond motifs is 1. The van der Waals surface area contributed by atoms with Gasteiger partial charge in [-0.3, -0.25) is 0 Å². The Morgan fingerprint density at radius 1 is 1.31 bits per heavy atom. The fraction of sp³-hybridized carbons (Fsp3) is 0.182. The highest BCUT2D eigenvalue weighted by molar-refractivity contribution is 6.34. The lowest BCUT2D eigenvalue weighted by atomic mass is 10.2. The molecule has 0 fully saturated rings. The van der Waals surface area contributed by atoms with Gasteiger partial charge in [0.05, 0.1) is 0 Å². The third-order valence-corrected chi connectivity index (χ3v) is 2.36. The molecule has 1 aromatic heterocycles. The summed E-state index contributed by atoms with van der Waals surface area (Å²) in [6.45, 7) is -0.607. The van der Waals surface area contributed by atoms with Crippen molar-refractivity contribution < 1.29 is 13.5 Å². The van der Waals surface area contributed by atoms with Crippen LogP contribution in [0.2, 0.25) is 5.15 Å². The second kappa shape index (κ2) is 4.61. The Morgan fingerprint density at radius 2 is 2.12 bits per heavy atom. The van der Waals surface area contributed by atoms with Crippen LogP contribution in [-0.4, -0.2) is 18.0 Å². The van der Waals surface area contributed by atoms with Crippen LogP contribution in [0.4, 0.5) is 8.78 Å². The smallest absolute Gasteiger partial charge is 0.272 e. The van der Waals surface area contributed by atoms with Gasteiger partial charge in [0, 0.05) is 11.6 Å². The van der Waals surface area contributed by atoms with Gasteiger partial charge < -0.3 is 4.74 Å². The van der Waals surface area contributed by atoms with E-state index < -0.39 is 13.0 Å². The Kier molecular flexibility index (Phi) is 3.19. The maximum absolute atomic E-state index is 11.9. The van der Waals surface area contributed by atoms with Crippen molar-refractivity contribution in [2.24, 2.45) is 0 Å². The van der Waals surface area contributed by atoms with Crippen LogP contribution in [-0.2, 0) is 0 Å². The molecule has 2 aromatic rings. The molecule has 1 aromatic carbocycles. The number of hydrogen-bond acceptors (Lipinski definition) is 2. The molecule has 0 aliphatic heterocycles. The van der Waals surface area contributed by atoms with Crippen LogP contribution in [0.15, 0.2) is 30.5 Å². The lowest BCUT2D eigenvalue weighted by Crippen LogP contribution is -2.06. The van der Waals surface area contributed by atoms with Gasteiger partial charge in [0.15, 0.2) is 0 Å². The molecule has 2 nitrogen and oxygen atoms in total. The summed E-state index contributed by atoms with van der Waals surface area (Å²) < 4.78 is 28.8. The van der Waals surface area contributed by atoms with Crippen LogP contribution < -0.4 is 4.74 Å². The van der Waals surface area contributed by atoms with Gasteiger partial charge in [0.25, 0.3) is 6.43 Å². The van der Waals surface area contributed by atoms with Crippen molar-refractivity contribution in [3.05, 3.63) is 35.6 Å². The van der Waals surface area contributed by atoms with Crippen LogP contribution in [0.25, 0.3) is 10.8 Å². The van der Waals surface area contributed by atoms with Crippen molar-refractivity contribution in [1.82, 2.24) is 4.98 Å². The minimum Gasteiger partial charge on any atom is -0.488 e. The largest absolute Gasteiger partial charge is 0.488 e. The number of nitrogens with zero attached hydrogens (tertiary/aromatic N) is 1. The second-order valence-corrected chi connectivity index (χ2v) is 3.54. The summed E-state index contributed by atoms with van der Waals surface area (Å²) in [6, 6.07) is 6.70. The summed E-state index contributed by atoms with van der Waals surface area (Å²) in [6.07, 6.45) is -0.918. The van der Waals surface area contributed by atoms with Gasteiger partial charge in [0.2, 0.25) is 0 Å². The second-order valence-electron chi connectivity index (χ2n) is 3.19. The topological polar surface area (TPSA) is 22.1 Å². The highest BCUT2D eigenvalue weighted by Gasteiger charge is 2.05. The molecule has 0 amide bonds. The maximum Gasteiger partial charge on any atom is 0.272 e. The van der Waals surface area contributed by atoms with Crippen molar-refractivity contribution >= 4 is 22.4 Å². The van der Waals surface area contributed by atoms with Crippen LogP contribution in [0.1, 0.15) is 0 Å². The lowest BCUT2D eigenvalue weighted by Gasteiger charge is -2.06. The summed E-state index contributed by atoms with van der Waals surface area (Å²) in [4.78, 5) is 3.92. The monoisotopic (exact) mass is 243 g/mol. The molecule has 16 heavy (non-hydrogen) atoms. The van der Waals surface area contributed by atoms with Gasteiger partial charge in [0.1, 0.15) is 17.5 Å². The van der Waals surface area contributed by atoms with E-state index in [4.69, 9.17) is 16.3 Å². The first-order valence-corrected chi connectivity index (χ1v) is 5.00. The molecule has 0 atom stereocenters. The Balaban J connectivity index is 2.30. The van der Waals surface area contributed by atoms with Gasteiger partial charge in [-0.1, -0.05) is 11.6 Å². The third-order valence-electron chi connectivity index (χ3n) is 2.06. The average Bonchev–Trinajstić information content (AvgIpc) is 2.26. The van der Waals surface area contributed by atoms with E-state index in [0.717, 1.165) is 10.8 Å². The summed E-state index contributed by atoms with van der Waals surface area (Å²) in [5.41, 5.74) is 0. The lowest BCUT2D eigenvalue weighted by molar-refractivity contribution is 0.0820. The van der Waals surface area contributed by atoms with Crippen LogP contribution in [0, 0.1) is 0 Å². The Bertz CT molecular complexity index is 504. The van der Waals surface area contributed by atoms with Crippen molar-refractivity contribution in [2.45, 2.75) is 6.43 Å². The molecule has 0 spiro atoms. The van der Waals surface area contributed by atoms with E-state index in [0.29, 0.717) is 10.9 Å². The predicted octanol–water partition coefficient (Wildman–Crippen LogP) is 3.53. The van der Waals surface area contributed by atoms with E-state index in [1.54, 1.807) is 30.5 Å². The molecule has 0 aliphatic rings. The number of alkyl halides is 2.